The van der Waals surface area contributed by atoms with Crippen LogP contribution in [0.2, 0.25) is 0 Å². The molecule has 0 amide bonds. The Morgan fingerprint density at radius 2 is 2.06 bits per heavy atom. The molecule has 0 radical (unpaired) electrons. The van der Waals surface area contributed by atoms with E-state index in [1.54, 1.807) is 12.1 Å². The third-order valence-electron chi connectivity index (χ3n) is 2.79. The molecule has 18 heavy (non-hydrogen) atoms. The van der Waals surface area contributed by atoms with Crippen molar-refractivity contribution in [1.82, 2.24) is 0 Å². The molecule has 5 nitrogen and oxygen atoms in total. The molecule has 0 spiro atoms. The highest BCUT2D eigenvalue weighted by molar-refractivity contribution is 9.10. The SMILES string of the molecule is NCC(C(=O)O)c1ccc(Br)c2c1OCCCO2. The van der Waals surface area contributed by atoms with E-state index in [2.05, 4.69) is 15.9 Å². The van der Waals surface area contributed by atoms with E-state index in [9.17, 15) is 9.90 Å². The molecule has 6 heteroatoms. The van der Waals surface area contributed by atoms with Crippen LogP contribution < -0.4 is 15.2 Å². The van der Waals surface area contributed by atoms with Gasteiger partial charge in [-0.1, -0.05) is 6.07 Å². The third kappa shape index (κ3) is 2.44. The van der Waals surface area contributed by atoms with Gasteiger partial charge in [-0.25, -0.2) is 0 Å². The minimum atomic E-state index is -0.963. The van der Waals surface area contributed by atoms with E-state index in [1.165, 1.54) is 0 Å². The summed E-state index contributed by atoms with van der Waals surface area (Å²) in [4.78, 5) is 11.2. The van der Waals surface area contributed by atoms with Crippen LogP contribution in [-0.4, -0.2) is 30.8 Å². The van der Waals surface area contributed by atoms with Gasteiger partial charge in [-0.05, 0) is 22.0 Å². The Kier molecular flexibility index (Phi) is 4.08. The molecule has 1 aliphatic rings. The molecule has 1 unspecified atom stereocenters. The summed E-state index contributed by atoms with van der Waals surface area (Å²) in [6, 6.07) is 3.47. The van der Waals surface area contributed by atoms with Crippen molar-refractivity contribution in [2.75, 3.05) is 19.8 Å². The molecule has 1 aromatic rings. The Labute approximate surface area is 113 Å². The van der Waals surface area contributed by atoms with E-state index in [0.29, 0.717) is 30.3 Å². The number of fused-ring (bicyclic) bond motifs is 1. The van der Waals surface area contributed by atoms with E-state index in [0.717, 1.165) is 10.9 Å². The molecule has 0 aromatic heterocycles. The number of rotatable bonds is 3. The zero-order valence-electron chi connectivity index (χ0n) is 9.69. The second-order valence-corrected chi connectivity index (χ2v) is 4.83. The number of carboxylic acid groups (broad SMARTS) is 1. The Hall–Kier alpha value is -1.27. The monoisotopic (exact) mass is 315 g/mol. The van der Waals surface area contributed by atoms with Crippen LogP contribution in [0, 0.1) is 0 Å². The Bertz CT molecular complexity index is 464. The Balaban J connectivity index is 2.51. The van der Waals surface area contributed by atoms with Gasteiger partial charge in [0.25, 0.3) is 0 Å². The number of hydrogen-bond acceptors (Lipinski definition) is 4. The van der Waals surface area contributed by atoms with Crippen LogP contribution in [0.4, 0.5) is 0 Å². The van der Waals surface area contributed by atoms with Crippen molar-refractivity contribution in [2.45, 2.75) is 12.3 Å². The molecule has 1 atom stereocenters. The van der Waals surface area contributed by atoms with Gasteiger partial charge < -0.3 is 20.3 Å². The maximum Gasteiger partial charge on any atom is 0.312 e. The summed E-state index contributed by atoms with van der Waals surface area (Å²) in [5.74, 6) is -0.701. The molecule has 0 saturated heterocycles. The van der Waals surface area contributed by atoms with Crippen molar-refractivity contribution < 1.29 is 19.4 Å². The summed E-state index contributed by atoms with van der Waals surface area (Å²) < 4.78 is 12.0. The van der Waals surface area contributed by atoms with Crippen molar-refractivity contribution in [1.29, 1.82) is 0 Å². The van der Waals surface area contributed by atoms with Gasteiger partial charge in [-0.2, -0.15) is 0 Å². The first-order chi connectivity index (χ1) is 8.65. The van der Waals surface area contributed by atoms with Crippen molar-refractivity contribution in [3.8, 4) is 11.5 Å². The van der Waals surface area contributed by atoms with Gasteiger partial charge >= 0.3 is 5.97 Å². The number of benzene rings is 1. The highest BCUT2D eigenvalue weighted by Gasteiger charge is 2.26. The normalized spacial score (nSPS) is 15.9. The lowest BCUT2D eigenvalue weighted by Gasteiger charge is -2.17. The highest BCUT2D eigenvalue weighted by Crippen LogP contribution is 2.42. The minimum absolute atomic E-state index is 0.0206. The lowest BCUT2D eigenvalue weighted by atomic mass is 9.98. The minimum Gasteiger partial charge on any atom is -0.489 e. The fraction of sp³-hybridized carbons (Fsp3) is 0.417. The molecule has 1 aliphatic heterocycles. The first-order valence-electron chi connectivity index (χ1n) is 5.66. The molecular formula is C12H14BrNO4. The molecule has 0 bridgehead atoms. The lowest BCUT2D eigenvalue weighted by Crippen LogP contribution is -2.22. The first-order valence-corrected chi connectivity index (χ1v) is 6.45. The van der Waals surface area contributed by atoms with E-state index in [-0.39, 0.29) is 6.54 Å². The molecule has 1 aromatic carbocycles. The first kappa shape index (κ1) is 13.2. The molecule has 98 valence electrons. The van der Waals surface area contributed by atoms with Crippen molar-refractivity contribution in [3.05, 3.63) is 22.2 Å². The Morgan fingerprint density at radius 3 is 2.67 bits per heavy atom. The molecule has 1 heterocycles. The summed E-state index contributed by atoms with van der Waals surface area (Å²) in [6.45, 7) is 1.08. The van der Waals surface area contributed by atoms with Gasteiger partial charge in [-0.15, -0.1) is 0 Å². The summed E-state index contributed by atoms with van der Waals surface area (Å²) in [5.41, 5.74) is 6.09. The predicted molar refractivity (Wildman–Crippen MR) is 69.2 cm³/mol. The number of carboxylic acids is 1. The molecule has 0 aliphatic carbocycles. The van der Waals surface area contributed by atoms with Crippen LogP contribution in [0.15, 0.2) is 16.6 Å². The van der Waals surface area contributed by atoms with Crippen LogP contribution in [0.5, 0.6) is 11.5 Å². The highest BCUT2D eigenvalue weighted by atomic mass is 79.9. The smallest absolute Gasteiger partial charge is 0.312 e. The maximum absolute atomic E-state index is 11.2. The van der Waals surface area contributed by atoms with E-state index >= 15 is 0 Å². The topological polar surface area (TPSA) is 81.8 Å². The van der Waals surface area contributed by atoms with Gasteiger partial charge in [-0.3, -0.25) is 4.79 Å². The van der Waals surface area contributed by atoms with Crippen LogP contribution in [0.1, 0.15) is 17.9 Å². The van der Waals surface area contributed by atoms with Crippen LogP contribution in [-0.2, 0) is 4.79 Å². The fourth-order valence-corrected chi connectivity index (χ4v) is 2.31. The largest absolute Gasteiger partial charge is 0.489 e. The number of hydrogen-bond donors (Lipinski definition) is 2. The number of nitrogens with two attached hydrogens (primary N) is 1. The van der Waals surface area contributed by atoms with Gasteiger partial charge in [0.2, 0.25) is 0 Å². The van der Waals surface area contributed by atoms with Gasteiger partial charge in [0.1, 0.15) is 0 Å². The van der Waals surface area contributed by atoms with Crippen LogP contribution in [0.3, 0.4) is 0 Å². The molecule has 0 saturated carbocycles. The summed E-state index contributed by atoms with van der Waals surface area (Å²) in [6.07, 6.45) is 0.765. The molecular weight excluding hydrogens is 302 g/mol. The second kappa shape index (κ2) is 5.58. The van der Waals surface area contributed by atoms with Gasteiger partial charge in [0, 0.05) is 18.5 Å². The predicted octanol–water partition coefficient (Wildman–Crippen LogP) is 1.74. The lowest BCUT2D eigenvalue weighted by molar-refractivity contribution is -0.138. The number of ether oxygens (including phenoxy) is 2. The second-order valence-electron chi connectivity index (χ2n) is 3.97. The molecule has 3 N–H and O–H groups in total. The van der Waals surface area contributed by atoms with Crippen LogP contribution in [0.25, 0.3) is 0 Å². The number of aliphatic carboxylic acids is 1. The van der Waals surface area contributed by atoms with Crippen molar-refractivity contribution in [3.63, 3.8) is 0 Å². The number of carbonyl (C=O) groups is 1. The zero-order valence-corrected chi connectivity index (χ0v) is 11.3. The molecule has 0 fully saturated rings. The summed E-state index contributed by atoms with van der Waals surface area (Å²) >= 11 is 3.38. The third-order valence-corrected chi connectivity index (χ3v) is 3.41. The zero-order chi connectivity index (χ0) is 13.1. The standard InChI is InChI=1S/C12H14BrNO4/c13-9-3-2-7(8(6-14)12(15)16)10-11(9)18-5-1-4-17-10/h2-3,8H,1,4-6,14H2,(H,15,16). The Morgan fingerprint density at radius 1 is 1.39 bits per heavy atom. The summed E-state index contributed by atoms with van der Waals surface area (Å²) in [5, 5.41) is 9.18. The number of halogens is 1. The van der Waals surface area contributed by atoms with E-state index in [4.69, 9.17) is 15.2 Å². The quantitative estimate of drug-likeness (QED) is 0.887. The van der Waals surface area contributed by atoms with Crippen molar-refractivity contribution >= 4 is 21.9 Å². The van der Waals surface area contributed by atoms with Crippen LogP contribution >= 0.6 is 15.9 Å². The van der Waals surface area contributed by atoms with E-state index in [1.807, 2.05) is 0 Å². The van der Waals surface area contributed by atoms with Gasteiger partial charge in [0.15, 0.2) is 11.5 Å². The van der Waals surface area contributed by atoms with Gasteiger partial charge in [0.05, 0.1) is 23.6 Å². The maximum atomic E-state index is 11.2. The van der Waals surface area contributed by atoms with E-state index < -0.39 is 11.9 Å². The summed E-state index contributed by atoms with van der Waals surface area (Å²) in [7, 11) is 0. The average molecular weight is 316 g/mol. The van der Waals surface area contributed by atoms with Crippen molar-refractivity contribution in [2.24, 2.45) is 5.73 Å². The molecule has 2 rings (SSSR count). The fourth-order valence-electron chi connectivity index (χ4n) is 1.88. The average Bonchev–Trinajstić information content (AvgIpc) is 2.58.